The summed E-state index contributed by atoms with van der Waals surface area (Å²) in [7, 11) is -3.31. The molecule has 1 unspecified atom stereocenters. The molecule has 1 aliphatic heterocycles. The largest absolute Gasteiger partial charge is 0.451 e. The Morgan fingerprint density at radius 2 is 1.96 bits per heavy atom. The third kappa shape index (κ3) is 3.93. The van der Waals surface area contributed by atoms with E-state index < -0.39 is 33.5 Å². The van der Waals surface area contributed by atoms with E-state index in [1.165, 1.54) is 30.3 Å². The standard InChI is InChI=1S/C16H12F3NO4S/c17-16(18,19)11-3-1-2-10(8-11)13-4-5-14(24-13)15(21)20-12-6-7-25(22,23)9-12/h1-8,12H,9H2,(H,20,21). The van der Waals surface area contributed by atoms with Gasteiger partial charge in [-0.3, -0.25) is 4.79 Å². The van der Waals surface area contributed by atoms with Crippen LogP contribution < -0.4 is 5.32 Å². The second-order valence-corrected chi connectivity index (χ2v) is 7.41. The van der Waals surface area contributed by atoms with E-state index in [0.717, 1.165) is 17.5 Å². The number of nitrogens with one attached hydrogen (secondary N) is 1. The second-order valence-electron chi connectivity index (χ2n) is 5.48. The van der Waals surface area contributed by atoms with E-state index in [1.807, 2.05) is 0 Å². The molecule has 0 spiro atoms. The monoisotopic (exact) mass is 371 g/mol. The molecule has 1 amide bonds. The molecule has 132 valence electrons. The van der Waals surface area contributed by atoms with Crippen LogP contribution in [-0.2, 0) is 16.0 Å². The Bertz CT molecular complexity index is 944. The maximum absolute atomic E-state index is 12.8. The number of rotatable bonds is 3. The lowest BCUT2D eigenvalue weighted by Crippen LogP contribution is -2.35. The number of carbonyl (C=O) groups excluding carboxylic acids is 1. The smallest absolute Gasteiger partial charge is 0.416 e. The quantitative estimate of drug-likeness (QED) is 0.900. The minimum Gasteiger partial charge on any atom is -0.451 e. The number of carbonyl (C=O) groups is 1. The van der Waals surface area contributed by atoms with Gasteiger partial charge in [0.05, 0.1) is 17.4 Å². The Balaban J connectivity index is 1.77. The minimum atomic E-state index is -4.48. The van der Waals surface area contributed by atoms with Crippen LogP contribution in [0.5, 0.6) is 0 Å². The summed E-state index contributed by atoms with van der Waals surface area (Å²) >= 11 is 0. The lowest BCUT2D eigenvalue weighted by atomic mass is 10.1. The highest BCUT2D eigenvalue weighted by Crippen LogP contribution is 2.32. The zero-order valence-corrected chi connectivity index (χ0v) is 13.4. The molecule has 3 rings (SSSR count). The molecule has 9 heteroatoms. The lowest BCUT2D eigenvalue weighted by molar-refractivity contribution is -0.137. The van der Waals surface area contributed by atoms with E-state index >= 15 is 0 Å². The van der Waals surface area contributed by atoms with Gasteiger partial charge in [0.15, 0.2) is 15.6 Å². The summed E-state index contributed by atoms with van der Waals surface area (Å²) in [6, 6.07) is 6.57. The van der Waals surface area contributed by atoms with Crippen molar-refractivity contribution >= 4 is 15.7 Å². The van der Waals surface area contributed by atoms with Gasteiger partial charge in [0.2, 0.25) is 0 Å². The van der Waals surface area contributed by atoms with Crippen LogP contribution in [0.4, 0.5) is 13.2 Å². The van der Waals surface area contributed by atoms with Crippen molar-refractivity contribution < 1.29 is 30.8 Å². The van der Waals surface area contributed by atoms with Crippen molar-refractivity contribution in [2.45, 2.75) is 12.2 Å². The molecule has 1 aliphatic rings. The predicted octanol–water partition coefficient (Wildman–Crippen LogP) is 3.01. The zero-order chi connectivity index (χ0) is 18.2. The average Bonchev–Trinajstić information content (AvgIpc) is 3.13. The number of halogens is 3. The molecule has 0 saturated heterocycles. The van der Waals surface area contributed by atoms with Crippen LogP contribution in [0.25, 0.3) is 11.3 Å². The molecule has 0 bridgehead atoms. The predicted molar refractivity (Wildman–Crippen MR) is 83.3 cm³/mol. The van der Waals surface area contributed by atoms with Gasteiger partial charge >= 0.3 is 6.18 Å². The topological polar surface area (TPSA) is 76.4 Å². The van der Waals surface area contributed by atoms with Crippen molar-refractivity contribution in [2.24, 2.45) is 0 Å². The summed E-state index contributed by atoms with van der Waals surface area (Å²) in [5.74, 6) is -0.902. The highest BCUT2D eigenvalue weighted by atomic mass is 32.2. The van der Waals surface area contributed by atoms with Gasteiger partial charge in [0.25, 0.3) is 5.91 Å². The molecular weight excluding hydrogens is 359 g/mol. The molecule has 0 saturated carbocycles. The van der Waals surface area contributed by atoms with Crippen LogP contribution in [0, 0.1) is 0 Å². The number of sulfone groups is 1. The molecular formula is C16H12F3NO4S. The summed E-state index contributed by atoms with van der Waals surface area (Å²) in [6.45, 7) is 0. The minimum absolute atomic E-state index is 0.103. The number of amides is 1. The highest BCUT2D eigenvalue weighted by Gasteiger charge is 2.31. The Morgan fingerprint density at radius 3 is 2.60 bits per heavy atom. The molecule has 1 N–H and O–H groups in total. The van der Waals surface area contributed by atoms with Gasteiger partial charge in [0.1, 0.15) is 5.76 Å². The Labute approximate surface area is 141 Å². The van der Waals surface area contributed by atoms with E-state index in [-0.39, 0.29) is 22.8 Å². The maximum atomic E-state index is 12.8. The fourth-order valence-electron chi connectivity index (χ4n) is 2.37. The molecule has 2 aromatic rings. The maximum Gasteiger partial charge on any atom is 0.416 e. The van der Waals surface area contributed by atoms with Gasteiger partial charge in [-0.15, -0.1) is 0 Å². The van der Waals surface area contributed by atoms with Gasteiger partial charge in [-0.1, -0.05) is 12.1 Å². The van der Waals surface area contributed by atoms with E-state index in [1.54, 1.807) is 0 Å². The van der Waals surface area contributed by atoms with Crippen LogP contribution in [0.3, 0.4) is 0 Å². The van der Waals surface area contributed by atoms with Crippen molar-refractivity contribution in [2.75, 3.05) is 5.75 Å². The molecule has 2 heterocycles. The van der Waals surface area contributed by atoms with E-state index in [2.05, 4.69) is 5.32 Å². The third-order valence-electron chi connectivity index (χ3n) is 3.55. The highest BCUT2D eigenvalue weighted by molar-refractivity contribution is 7.94. The molecule has 0 fully saturated rings. The van der Waals surface area contributed by atoms with Crippen LogP contribution >= 0.6 is 0 Å². The Morgan fingerprint density at radius 1 is 1.20 bits per heavy atom. The van der Waals surface area contributed by atoms with Crippen LogP contribution in [0.1, 0.15) is 16.1 Å². The van der Waals surface area contributed by atoms with Gasteiger partial charge < -0.3 is 9.73 Å². The fourth-order valence-corrected chi connectivity index (χ4v) is 3.60. The molecule has 5 nitrogen and oxygen atoms in total. The van der Waals surface area contributed by atoms with Crippen molar-refractivity contribution in [3.8, 4) is 11.3 Å². The van der Waals surface area contributed by atoms with Gasteiger partial charge in [-0.2, -0.15) is 13.2 Å². The van der Waals surface area contributed by atoms with Crippen molar-refractivity contribution in [1.29, 1.82) is 0 Å². The number of furan rings is 1. The third-order valence-corrected chi connectivity index (χ3v) is 4.95. The van der Waals surface area contributed by atoms with Crippen LogP contribution in [0.2, 0.25) is 0 Å². The summed E-state index contributed by atoms with van der Waals surface area (Å²) in [5, 5.41) is 3.49. The first kappa shape index (κ1) is 17.3. The molecule has 0 aliphatic carbocycles. The molecule has 1 aromatic carbocycles. The first-order chi connectivity index (χ1) is 11.6. The SMILES string of the molecule is O=C(NC1C=CS(=O)(=O)C1)c1ccc(-c2cccc(C(F)(F)F)c2)o1. The van der Waals surface area contributed by atoms with Gasteiger partial charge in [0, 0.05) is 11.0 Å². The number of alkyl halides is 3. The molecule has 0 radical (unpaired) electrons. The van der Waals surface area contributed by atoms with Crippen molar-refractivity contribution in [3.05, 3.63) is 59.2 Å². The average molecular weight is 371 g/mol. The summed E-state index contributed by atoms with van der Waals surface area (Å²) in [6.07, 6.45) is -3.13. The van der Waals surface area contributed by atoms with E-state index in [0.29, 0.717) is 0 Å². The number of hydrogen-bond acceptors (Lipinski definition) is 4. The van der Waals surface area contributed by atoms with E-state index in [4.69, 9.17) is 4.42 Å². The zero-order valence-electron chi connectivity index (χ0n) is 12.6. The summed E-state index contributed by atoms with van der Waals surface area (Å²) in [5.41, 5.74) is -0.647. The Hall–Kier alpha value is -2.55. The molecule has 1 atom stereocenters. The van der Waals surface area contributed by atoms with Crippen LogP contribution in [-0.4, -0.2) is 26.1 Å². The summed E-state index contributed by atoms with van der Waals surface area (Å²) in [4.78, 5) is 12.1. The van der Waals surface area contributed by atoms with Crippen molar-refractivity contribution in [1.82, 2.24) is 5.32 Å². The molecule has 1 aromatic heterocycles. The van der Waals surface area contributed by atoms with Crippen molar-refractivity contribution in [3.63, 3.8) is 0 Å². The molecule has 25 heavy (non-hydrogen) atoms. The van der Waals surface area contributed by atoms with Gasteiger partial charge in [-0.25, -0.2) is 8.42 Å². The Kier molecular flexibility index (Phi) is 4.19. The van der Waals surface area contributed by atoms with Crippen LogP contribution in [0.15, 0.2) is 52.3 Å². The first-order valence-electron chi connectivity index (χ1n) is 7.13. The number of hydrogen-bond donors (Lipinski definition) is 1. The lowest BCUT2D eigenvalue weighted by Gasteiger charge is -2.08. The number of benzene rings is 1. The fraction of sp³-hybridized carbons (Fsp3) is 0.188. The second kappa shape index (κ2) is 6.07. The summed E-state index contributed by atoms with van der Waals surface area (Å²) < 4.78 is 66.2. The normalized spacial score (nSPS) is 19.1. The van der Waals surface area contributed by atoms with Gasteiger partial charge in [-0.05, 0) is 30.3 Å². The van der Waals surface area contributed by atoms with E-state index in [9.17, 15) is 26.4 Å². The first-order valence-corrected chi connectivity index (χ1v) is 8.85.